The van der Waals surface area contributed by atoms with Gasteiger partial charge in [0.25, 0.3) is 5.56 Å². The van der Waals surface area contributed by atoms with E-state index >= 15 is 0 Å². The fourth-order valence-electron chi connectivity index (χ4n) is 3.75. The van der Waals surface area contributed by atoms with E-state index in [1.165, 1.54) is 0 Å². The number of aromatic nitrogens is 2. The van der Waals surface area contributed by atoms with Gasteiger partial charge in [-0.2, -0.15) is 0 Å². The van der Waals surface area contributed by atoms with E-state index in [1.807, 2.05) is 30.3 Å². The van der Waals surface area contributed by atoms with Gasteiger partial charge in [0.1, 0.15) is 6.61 Å². The summed E-state index contributed by atoms with van der Waals surface area (Å²) in [6, 6.07) is 11.4. The average molecular weight is 346 g/mol. The van der Waals surface area contributed by atoms with Gasteiger partial charge in [0.05, 0.1) is 29.0 Å². The summed E-state index contributed by atoms with van der Waals surface area (Å²) >= 11 is 0. The van der Waals surface area contributed by atoms with Gasteiger partial charge in [-0.25, -0.2) is 9.78 Å². The smallest absolute Gasteiger partial charge is 0.347 e. The maximum absolute atomic E-state index is 13.0. The minimum absolute atomic E-state index is 0.158. The third-order valence-corrected chi connectivity index (χ3v) is 5.14. The van der Waals surface area contributed by atoms with Gasteiger partial charge in [-0.15, -0.1) is 0 Å². The monoisotopic (exact) mass is 346 g/mol. The highest BCUT2D eigenvalue weighted by Crippen LogP contribution is 2.37. The number of cyclic esters (lactones) is 1. The number of pyridine rings is 2. The van der Waals surface area contributed by atoms with Crippen molar-refractivity contribution >= 4 is 16.9 Å². The van der Waals surface area contributed by atoms with Gasteiger partial charge in [-0.1, -0.05) is 24.8 Å². The molecule has 0 spiro atoms. The maximum Gasteiger partial charge on any atom is 0.347 e. The normalized spacial score (nSPS) is 20.3. The summed E-state index contributed by atoms with van der Waals surface area (Å²) in [7, 11) is 0. The highest BCUT2D eigenvalue weighted by Gasteiger charge is 2.44. The third kappa shape index (κ3) is 1.76. The first-order valence-electron chi connectivity index (χ1n) is 8.22. The van der Waals surface area contributed by atoms with Crippen molar-refractivity contribution in [1.29, 1.82) is 0 Å². The Morgan fingerprint density at radius 1 is 1.27 bits per heavy atom. The second-order valence-electron chi connectivity index (χ2n) is 6.55. The van der Waals surface area contributed by atoms with E-state index in [9.17, 15) is 14.7 Å². The van der Waals surface area contributed by atoms with Crippen molar-refractivity contribution < 1.29 is 14.6 Å². The summed E-state index contributed by atoms with van der Waals surface area (Å²) in [6.45, 7) is 3.78. The molecule has 128 valence electrons. The van der Waals surface area contributed by atoms with Crippen molar-refractivity contribution in [3.8, 4) is 11.4 Å². The molecule has 5 rings (SSSR count). The highest BCUT2D eigenvalue weighted by molar-refractivity contribution is 5.87. The number of benzene rings is 1. The molecule has 2 aliphatic rings. The zero-order valence-electron chi connectivity index (χ0n) is 13.7. The number of fused-ring (bicyclic) bond motifs is 5. The van der Waals surface area contributed by atoms with Gasteiger partial charge in [0.15, 0.2) is 0 Å². The number of carbonyl (C=O) groups excluding carboxylic acids is 1. The second-order valence-corrected chi connectivity index (χ2v) is 6.55. The number of hydrogen-bond donors (Lipinski definition) is 1. The van der Waals surface area contributed by atoms with Crippen LogP contribution in [0, 0.1) is 0 Å². The van der Waals surface area contributed by atoms with Crippen LogP contribution in [-0.4, -0.2) is 20.6 Å². The largest absolute Gasteiger partial charge is 0.458 e. The number of carbonyl (C=O) groups is 1. The van der Waals surface area contributed by atoms with Crippen LogP contribution in [0.3, 0.4) is 0 Å². The molecule has 3 aromatic rings. The maximum atomic E-state index is 13.0. The molecule has 0 saturated carbocycles. The molecule has 0 saturated heterocycles. The molecule has 4 heterocycles. The van der Waals surface area contributed by atoms with Crippen LogP contribution in [0.25, 0.3) is 22.3 Å². The highest BCUT2D eigenvalue weighted by atomic mass is 16.6. The molecule has 1 N–H and O–H groups in total. The predicted molar refractivity (Wildman–Crippen MR) is 94.4 cm³/mol. The number of rotatable bonds is 1. The van der Waals surface area contributed by atoms with E-state index in [1.54, 1.807) is 10.6 Å². The van der Waals surface area contributed by atoms with E-state index in [-0.39, 0.29) is 23.3 Å². The molecule has 0 radical (unpaired) electrons. The van der Waals surface area contributed by atoms with Crippen LogP contribution < -0.4 is 5.56 Å². The SMILES string of the molecule is C=CC1(O)C(=O)OCc2c1cc1n(c2=O)Cc2cc3ccccc3nc2-1. The zero-order valence-corrected chi connectivity index (χ0v) is 13.7. The van der Waals surface area contributed by atoms with Crippen LogP contribution in [0.15, 0.2) is 53.8 Å². The summed E-state index contributed by atoms with van der Waals surface area (Å²) < 4.78 is 6.61. The number of para-hydroxylation sites is 1. The third-order valence-electron chi connectivity index (χ3n) is 5.14. The number of aliphatic hydroxyl groups is 1. The summed E-state index contributed by atoms with van der Waals surface area (Å²) in [5.41, 5.74) is 1.21. The molecular formula is C20H14N2O4. The van der Waals surface area contributed by atoms with Crippen molar-refractivity contribution in [2.24, 2.45) is 0 Å². The molecule has 6 heteroatoms. The van der Waals surface area contributed by atoms with Crippen LogP contribution in [0.2, 0.25) is 0 Å². The summed E-state index contributed by atoms with van der Waals surface area (Å²) in [4.78, 5) is 29.7. The van der Waals surface area contributed by atoms with Crippen molar-refractivity contribution in [2.45, 2.75) is 18.8 Å². The second kappa shape index (κ2) is 4.89. The van der Waals surface area contributed by atoms with Gasteiger partial charge in [-0.05, 0) is 24.3 Å². The Morgan fingerprint density at radius 2 is 2.08 bits per heavy atom. The molecule has 0 aliphatic carbocycles. The predicted octanol–water partition coefficient (Wildman–Crippen LogP) is 1.86. The van der Waals surface area contributed by atoms with E-state index in [4.69, 9.17) is 9.72 Å². The lowest BCUT2D eigenvalue weighted by atomic mass is 9.88. The Morgan fingerprint density at radius 3 is 2.88 bits per heavy atom. The molecule has 26 heavy (non-hydrogen) atoms. The molecule has 0 amide bonds. The Kier molecular flexibility index (Phi) is 2.83. The minimum atomic E-state index is -2.03. The van der Waals surface area contributed by atoms with Crippen molar-refractivity contribution in [1.82, 2.24) is 9.55 Å². The molecule has 1 unspecified atom stereocenters. The van der Waals surface area contributed by atoms with Crippen LogP contribution in [-0.2, 0) is 28.3 Å². The first kappa shape index (κ1) is 15.0. The lowest BCUT2D eigenvalue weighted by Crippen LogP contribution is -2.43. The molecule has 1 aromatic carbocycles. The number of ether oxygens (including phenoxy) is 1. The first-order chi connectivity index (χ1) is 12.5. The van der Waals surface area contributed by atoms with Gasteiger partial charge in [0.2, 0.25) is 5.60 Å². The minimum Gasteiger partial charge on any atom is -0.458 e. The Labute approximate surface area is 148 Å². The molecule has 2 aromatic heterocycles. The Bertz CT molecular complexity index is 1190. The van der Waals surface area contributed by atoms with Crippen molar-refractivity contribution in [3.63, 3.8) is 0 Å². The summed E-state index contributed by atoms with van der Waals surface area (Å²) in [6.07, 6.45) is 1.10. The standard InChI is InChI=1S/C20H14N2O4/c1-2-20(25)14-8-16-17-12(7-11-5-3-4-6-15(11)21-17)9-22(16)18(23)13(14)10-26-19(20)24/h2-8,25H,1,9-10H2. The molecule has 6 nitrogen and oxygen atoms in total. The molecule has 0 fully saturated rings. The van der Waals surface area contributed by atoms with Gasteiger partial charge >= 0.3 is 5.97 Å². The van der Waals surface area contributed by atoms with Crippen LogP contribution in [0.5, 0.6) is 0 Å². The van der Waals surface area contributed by atoms with Gasteiger partial charge in [-0.3, -0.25) is 4.79 Å². The van der Waals surface area contributed by atoms with Crippen molar-refractivity contribution in [3.05, 3.63) is 76.1 Å². The van der Waals surface area contributed by atoms with E-state index in [2.05, 4.69) is 6.58 Å². The molecule has 0 bridgehead atoms. The van der Waals surface area contributed by atoms with Crippen LogP contribution in [0.1, 0.15) is 16.7 Å². The molecule has 1 atom stereocenters. The summed E-state index contributed by atoms with van der Waals surface area (Å²) in [5.74, 6) is -0.825. The Hall–Kier alpha value is -3.25. The fraction of sp³-hybridized carbons (Fsp3) is 0.150. The number of esters is 1. The average Bonchev–Trinajstić information content (AvgIpc) is 3.01. The van der Waals surface area contributed by atoms with Gasteiger partial charge < -0.3 is 14.4 Å². The lowest BCUT2D eigenvalue weighted by Gasteiger charge is -2.30. The Balaban J connectivity index is 1.83. The van der Waals surface area contributed by atoms with Crippen LogP contribution >= 0.6 is 0 Å². The topological polar surface area (TPSA) is 81.4 Å². The number of nitrogens with zero attached hydrogens (tertiary/aromatic N) is 2. The number of hydrogen-bond acceptors (Lipinski definition) is 5. The van der Waals surface area contributed by atoms with Crippen LogP contribution in [0.4, 0.5) is 0 Å². The fourth-order valence-corrected chi connectivity index (χ4v) is 3.75. The lowest BCUT2D eigenvalue weighted by molar-refractivity contribution is -0.165. The van der Waals surface area contributed by atoms with E-state index < -0.39 is 11.6 Å². The van der Waals surface area contributed by atoms with E-state index in [0.29, 0.717) is 17.9 Å². The molecule has 2 aliphatic heterocycles. The van der Waals surface area contributed by atoms with Crippen molar-refractivity contribution in [2.75, 3.05) is 0 Å². The van der Waals surface area contributed by atoms with Gasteiger partial charge in [0, 0.05) is 16.5 Å². The quantitative estimate of drug-likeness (QED) is 0.420. The zero-order chi connectivity index (χ0) is 18.1. The molecular weight excluding hydrogens is 332 g/mol. The summed E-state index contributed by atoms with van der Waals surface area (Å²) in [5, 5.41) is 11.7. The first-order valence-corrected chi connectivity index (χ1v) is 8.22. The van der Waals surface area contributed by atoms with E-state index in [0.717, 1.165) is 22.5 Å².